The van der Waals surface area contributed by atoms with Crippen molar-refractivity contribution in [2.45, 2.75) is 45.2 Å². The molecule has 0 amide bonds. The lowest BCUT2D eigenvalue weighted by Crippen LogP contribution is -2.37. The van der Waals surface area contributed by atoms with E-state index >= 15 is 0 Å². The molecule has 4 heteroatoms. The summed E-state index contributed by atoms with van der Waals surface area (Å²) < 4.78 is 6.89. The highest BCUT2D eigenvalue weighted by Crippen LogP contribution is 2.34. The number of benzene rings is 1. The Balaban J connectivity index is 2.19. The predicted octanol–water partition coefficient (Wildman–Crippen LogP) is 3.66. The highest BCUT2D eigenvalue weighted by atomic mass is 79.9. The van der Waals surface area contributed by atoms with Crippen molar-refractivity contribution in [3.05, 3.63) is 28.2 Å². The second-order valence-corrected chi connectivity index (χ2v) is 6.67. The Morgan fingerprint density at radius 2 is 2.25 bits per heavy atom. The average molecular weight is 342 g/mol. The monoisotopic (exact) mass is 341 g/mol. The van der Waals surface area contributed by atoms with Crippen LogP contribution in [0, 0.1) is 5.92 Å². The summed E-state index contributed by atoms with van der Waals surface area (Å²) in [6.45, 7) is 5.40. The maximum Gasteiger partial charge on any atom is 0.125 e. The van der Waals surface area contributed by atoms with Gasteiger partial charge >= 0.3 is 0 Å². The SMILES string of the molecule is CC(C)C(CCO)NC1CCCOc2cc(Br)ccc21. The first-order valence-electron chi connectivity index (χ1n) is 7.41. The van der Waals surface area contributed by atoms with Crippen LogP contribution in [0.25, 0.3) is 0 Å². The third kappa shape index (κ3) is 3.96. The molecule has 2 unspecified atom stereocenters. The van der Waals surface area contributed by atoms with Gasteiger partial charge in [-0.25, -0.2) is 0 Å². The number of nitrogens with one attached hydrogen (secondary N) is 1. The Hall–Kier alpha value is -0.580. The molecule has 1 aliphatic heterocycles. The fraction of sp³-hybridized carbons (Fsp3) is 0.625. The third-order valence-corrected chi connectivity index (χ3v) is 4.40. The Labute approximate surface area is 129 Å². The minimum atomic E-state index is 0.228. The second-order valence-electron chi connectivity index (χ2n) is 5.75. The van der Waals surface area contributed by atoms with Gasteiger partial charge in [-0.3, -0.25) is 0 Å². The van der Waals surface area contributed by atoms with E-state index in [0.717, 1.165) is 36.1 Å². The molecule has 20 heavy (non-hydrogen) atoms. The zero-order valence-electron chi connectivity index (χ0n) is 12.2. The molecule has 0 spiro atoms. The molecule has 1 heterocycles. The van der Waals surface area contributed by atoms with Gasteiger partial charge in [0.25, 0.3) is 0 Å². The highest BCUT2D eigenvalue weighted by Gasteiger charge is 2.23. The van der Waals surface area contributed by atoms with Crippen LogP contribution in [0.1, 0.15) is 44.7 Å². The minimum absolute atomic E-state index is 0.228. The molecule has 1 aromatic carbocycles. The van der Waals surface area contributed by atoms with Gasteiger partial charge in [0.2, 0.25) is 0 Å². The molecule has 0 saturated heterocycles. The Morgan fingerprint density at radius 3 is 2.95 bits per heavy atom. The number of aliphatic hydroxyl groups excluding tert-OH is 1. The van der Waals surface area contributed by atoms with Crippen molar-refractivity contribution >= 4 is 15.9 Å². The zero-order valence-corrected chi connectivity index (χ0v) is 13.8. The molecule has 0 bridgehead atoms. The molecular formula is C16H24BrNO2. The lowest BCUT2D eigenvalue weighted by molar-refractivity contribution is 0.232. The van der Waals surface area contributed by atoms with Gasteiger partial charge in [0.05, 0.1) is 6.61 Å². The van der Waals surface area contributed by atoms with Gasteiger partial charge in [0.15, 0.2) is 0 Å². The van der Waals surface area contributed by atoms with Crippen molar-refractivity contribution in [2.75, 3.05) is 13.2 Å². The van der Waals surface area contributed by atoms with E-state index in [1.54, 1.807) is 0 Å². The fourth-order valence-electron chi connectivity index (χ4n) is 2.73. The first-order valence-corrected chi connectivity index (χ1v) is 8.20. The summed E-state index contributed by atoms with van der Waals surface area (Å²) in [5.41, 5.74) is 1.23. The Morgan fingerprint density at radius 1 is 1.45 bits per heavy atom. The molecule has 1 aliphatic rings. The van der Waals surface area contributed by atoms with E-state index in [-0.39, 0.29) is 6.61 Å². The normalized spacial score (nSPS) is 20.1. The second kappa shape index (κ2) is 7.43. The summed E-state index contributed by atoms with van der Waals surface area (Å²) in [6.07, 6.45) is 2.91. The summed E-state index contributed by atoms with van der Waals surface area (Å²) in [4.78, 5) is 0. The van der Waals surface area contributed by atoms with Gasteiger partial charge in [-0.2, -0.15) is 0 Å². The Bertz CT molecular complexity index is 436. The van der Waals surface area contributed by atoms with Crippen LogP contribution in [0.15, 0.2) is 22.7 Å². The fourth-order valence-corrected chi connectivity index (χ4v) is 3.07. The van der Waals surface area contributed by atoms with Crippen molar-refractivity contribution in [2.24, 2.45) is 5.92 Å². The van der Waals surface area contributed by atoms with Gasteiger partial charge in [-0.15, -0.1) is 0 Å². The number of hydrogen-bond donors (Lipinski definition) is 2. The van der Waals surface area contributed by atoms with Gasteiger partial charge in [0, 0.05) is 28.7 Å². The topological polar surface area (TPSA) is 41.5 Å². The van der Waals surface area contributed by atoms with Crippen molar-refractivity contribution in [1.82, 2.24) is 5.32 Å². The van der Waals surface area contributed by atoms with Gasteiger partial charge < -0.3 is 15.2 Å². The van der Waals surface area contributed by atoms with Crippen molar-refractivity contribution < 1.29 is 9.84 Å². The average Bonchev–Trinajstić information content (AvgIpc) is 2.60. The summed E-state index contributed by atoms with van der Waals surface area (Å²) in [7, 11) is 0. The Kier molecular flexibility index (Phi) is 5.87. The molecule has 0 aromatic heterocycles. The van der Waals surface area contributed by atoms with E-state index in [1.165, 1.54) is 5.56 Å². The van der Waals surface area contributed by atoms with Gasteiger partial charge in [-0.1, -0.05) is 35.8 Å². The van der Waals surface area contributed by atoms with Crippen LogP contribution in [0.5, 0.6) is 5.75 Å². The first-order chi connectivity index (χ1) is 9.61. The summed E-state index contributed by atoms with van der Waals surface area (Å²) in [6, 6.07) is 6.89. The van der Waals surface area contributed by atoms with E-state index in [2.05, 4.69) is 47.2 Å². The first kappa shape index (κ1) is 15.8. The number of ether oxygens (including phenoxy) is 1. The summed E-state index contributed by atoms with van der Waals surface area (Å²) in [5, 5.41) is 12.9. The van der Waals surface area contributed by atoms with E-state index in [9.17, 15) is 5.11 Å². The number of hydrogen-bond acceptors (Lipinski definition) is 3. The van der Waals surface area contributed by atoms with Crippen LogP contribution in [-0.2, 0) is 0 Å². The predicted molar refractivity (Wildman–Crippen MR) is 85.1 cm³/mol. The number of rotatable bonds is 5. The van der Waals surface area contributed by atoms with Crippen LogP contribution in [0.2, 0.25) is 0 Å². The molecule has 1 aromatic rings. The zero-order chi connectivity index (χ0) is 14.5. The number of halogens is 1. The molecule has 0 aliphatic carbocycles. The number of aliphatic hydroxyl groups is 1. The molecular weight excluding hydrogens is 318 g/mol. The maximum absolute atomic E-state index is 9.23. The molecule has 2 atom stereocenters. The van der Waals surface area contributed by atoms with Crippen LogP contribution < -0.4 is 10.1 Å². The lowest BCUT2D eigenvalue weighted by atomic mass is 9.96. The molecule has 112 valence electrons. The van der Waals surface area contributed by atoms with Crippen molar-refractivity contribution in [3.8, 4) is 5.75 Å². The van der Waals surface area contributed by atoms with Crippen LogP contribution in [-0.4, -0.2) is 24.4 Å². The van der Waals surface area contributed by atoms with Crippen LogP contribution in [0.3, 0.4) is 0 Å². The van der Waals surface area contributed by atoms with Gasteiger partial charge in [0.1, 0.15) is 5.75 Å². The summed E-state index contributed by atoms with van der Waals surface area (Å²) in [5.74, 6) is 1.48. The van der Waals surface area contributed by atoms with E-state index in [1.807, 2.05) is 6.07 Å². The van der Waals surface area contributed by atoms with E-state index in [4.69, 9.17) is 4.74 Å². The standard InChI is InChI=1S/C16H24BrNO2/c1-11(2)14(7-8-19)18-15-4-3-9-20-16-10-12(17)5-6-13(15)16/h5-6,10-11,14-15,18-19H,3-4,7-9H2,1-2H3. The van der Waals surface area contributed by atoms with Crippen molar-refractivity contribution in [3.63, 3.8) is 0 Å². The molecule has 0 fully saturated rings. The van der Waals surface area contributed by atoms with Crippen LogP contribution >= 0.6 is 15.9 Å². The quantitative estimate of drug-likeness (QED) is 0.858. The lowest BCUT2D eigenvalue weighted by Gasteiger charge is -2.28. The smallest absolute Gasteiger partial charge is 0.125 e. The van der Waals surface area contributed by atoms with Gasteiger partial charge in [-0.05, 0) is 37.3 Å². The molecule has 2 N–H and O–H groups in total. The van der Waals surface area contributed by atoms with E-state index < -0.39 is 0 Å². The molecule has 3 nitrogen and oxygen atoms in total. The molecule has 2 rings (SSSR count). The molecule has 0 saturated carbocycles. The largest absolute Gasteiger partial charge is 0.493 e. The third-order valence-electron chi connectivity index (χ3n) is 3.91. The maximum atomic E-state index is 9.23. The number of fused-ring (bicyclic) bond motifs is 1. The molecule has 0 radical (unpaired) electrons. The van der Waals surface area contributed by atoms with Crippen molar-refractivity contribution in [1.29, 1.82) is 0 Å². The van der Waals surface area contributed by atoms with Crippen LogP contribution in [0.4, 0.5) is 0 Å². The van der Waals surface area contributed by atoms with E-state index in [0.29, 0.717) is 18.0 Å². The minimum Gasteiger partial charge on any atom is -0.493 e. The summed E-state index contributed by atoms with van der Waals surface area (Å²) >= 11 is 3.50. The highest BCUT2D eigenvalue weighted by molar-refractivity contribution is 9.10.